The minimum absolute atomic E-state index is 0.178. The molecule has 0 aromatic heterocycles. The Bertz CT molecular complexity index is 868. The number of carbonyl (C=O) groups is 3. The Morgan fingerprint density at radius 2 is 1.77 bits per heavy atom. The van der Waals surface area contributed by atoms with E-state index in [9.17, 15) is 14.4 Å². The number of hydrogen-bond donors (Lipinski definition) is 1. The molecule has 0 bridgehead atoms. The first-order valence-corrected chi connectivity index (χ1v) is 11.4. The average molecular weight is 428 g/mol. The molecule has 7 heteroatoms. The van der Waals surface area contributed by atoms with E-state index in [1.165, 1.54) is 11.1 Å². The van der Waals surface area contributed by atoms with Crippen LogP contribution in [0.15, 0.2) is 18.2 Å². The topological polar surface area (TPSA) is 79.0 Å². The molecule has 3 amide bonds. The molecule has 168 valence electrons. The van der Waals surface area contributed by atoms with Crippen molar-refractivity contribution in [2.24, 2.45) is 0 Å². The van der Waals surface area contributed by atoms with E-state index in [4.69, 9.17) is 4.74 Å². The second-order valence-electron chi connectivity index (χ2n) is 9.95. The van der Waals surface area contributed by atoms with E-state index >= 15 is 0 Å². The number of amides is 3. The molecular formula is C24H33N3O4. The zero-order valence-corrected chi connectivity index (χ0v) is 18.8. The van der Waals surface area contributed by atoms with Crippen molar-refractivity contribution >= 4 is 17.9 Å². The number of ether oxygens (including phenoxy) is 1. The van der Waals surface area contributed by atoms with E-state index in [1.807, 2.05) is 31.7 Å². The number of piperidine rings is 2. The van der Waals surface area contributed by atoms with Gasteiger partial charge in [-0.25, -0.2) is 4.79 Å². The summed E-state index contributed by atoms with van der Waals surface area (Å²) in [5.41, 5.74) is 3.16. The maximum Gasteiger partial charge on any atom is 0.410 e. The molecule has 1 aromatic rings. The molecule has 0 spiro atoms. The maximum atomic E-state index is 12.3. The lowest BCUT2D eigenvalue weighted by atomic mass is 9.86. The zero-order chi connectivity index (χ0) is 22.2. The van der Waals surface area contributed by atoms with Crippen LogP contribution in [0.4, 0.5) is 4.79 Å². The lowest BCUT2D eigenvalue weighted by Crippen LogP contribution is -2.49. The molecule has 1 atom stereocenters. The van der Waals surface area contributed by atoms with Crippen LogP contribution in [0.3, 0.4) is 0 Å². The van der Waals surface area contributed by atoms with Gasteiger partial charge in [-0.15, -0.1) is 0 Å². The van der Waals surface area contributed by atoms with Crippen LogP contribution in [0.5, 0.6) is 0 Å². The van der Waals surface area contributed by atoms with Crippen molar-refractivity contribution in [3.8, 4) is 0 Å². The van der Waals surface area contributed by atoms with E-state index in [2.05, 4.69) is 22.3 Å². The van der Waals surface area contributed by atoms with Gasteiger partial charge in [0.25, 0.3) is 0 Å². The van der Waals surface area contributed by atoms with E-state index < -0.39 is 5.60 Å². The minimum atomic E-state index is -0.468. The van der Waals surface area contributed by atoms with E-state index in [0.717, 1.165) is 51.0 Å². The highest BCUT2D eigenvalue weighted by atomic mass is 16.6. The minimum Gasteiger partial charge on any atom is -0.444 e. The van der Waals surface area contributed by atoms with Crippen molar-refractivity contribution < 1.29 is 19.1 Å². The number of fused-ring (bicyclic) bond motifs is 1. The quantitative estimate of drug-likeness (QED) is 0.734. The first kappa shape index (κ1) is 21.8. The molecule has 0 radical (unpaired) electrons. The van der Waals surface area contributed by atoms with Gasteiger partial charge < -0.3 is 9.64 Å². The Kier molecular flexibility index (Phi) is 6.06. The summed E-state index contributed by atoms with van der Waals surface area (Å²) >= 11 is 0. The molecule has 3 aliphatic rings. The van der Waals surface area contributed by atoms with E-state index in [0.29, 0.717) is 18.9 Å². The smallest absolute Gasteiger partial charge is 0.410 e. The summed E-state index contributed by atoms with van der Waals surface area (Å²) in [4.78, 5) is 40.4. The molecule has 1 unspecified atom stereocenters. The van der Waals surface area contributed by atoms with Crippen molar-refractivity contribution in [2.45, 2.75) is 77.0 Å². The Balaban J connectivity index is 1.37. The second kappa shape index (κ2) is 8.61. The van der Waals surface area contributed by atoms with Gasteiger partial charge in [0.2, 0.25) is 11.8 Å². The molecule has 1 N–H and O–H groups in total. The van der Waals surface area contributed by atoms with E-state index in [1.54, 1.807) is 0 Å². The predicted molar refractivity (Wildman–Crippen MR) is 117 cm³/mol. The van der Waals surface area contributed by atoms with Crippen molar-refractivity contribution in [3.63, 3.8) is 0 Å². The Labute approximate surface area is 184 Å². The molecule has 2 fully saturated rings. The summed E-state index contributed by atoms with van der Waals surface area (Å²) in [5.74, 6) is -0.600. The molecular weight excluding hydrogens is 394 g/mol. The first-order valence-electron chi connectivity index (χ1n) is 11.4. The van der Waals surface area contributed by atoms with Crippen LogP contribution in [0, 0.1) is 0 Å². The van der Waals surface area contributed by atoms with Gasteiger partial charge in [-0.3, -0.25) is 19.8 Å². The Hall–Kier alpha value is -2.41. The predicted octanol–water partition coefficient (Wildman–Crippen LogP) is 2.96. The second-order valence-corrected chi connectivity index (χ2v) is 9.95. The van der Waals surface area contributed by atoms with Crippen LogP contribution in [0.2, 0.25) is 0 Å². The number of hydrogen-bond acceptors (Lipinski definition) is 5. The third kappa shape index (κ3) is 5.09. The summed E-state index contributed by atoms with van der Waals surface area (Å²) in [6.07, 6.45) is 3.65. The van der Waals surface area contributed by atoms with Crippen molar-refractivity contribution in [2.75, 3.05) is 19.6 Å². The molecule has 1 aromatic carbocycles. The third-order valence-corrected chi connectivity index (χ3v) is 6.55. The van der Waals surface area contributed by atoms with Gasteiger partial charge in [0.05, 0.1) is 5.92 Å². The fourth-order valence-corrected chi connectivity index (χ4v) is 4.88. The summed E-state index contributed by atoms with van der Waals surface area (Å²) in [7, 11) is 0. The normalized spacial score (nSPS) is 23.3. The molecule has 7 nitrogen and oxygen atoms in total. The summed E-state index contributed by atoms with van der Waals surface area (Å²) in [6.45, 7) is 9.01. The van der Waals surface area contributed by atoms with Gasteiger partial charge in [-0.2, -0.15) is 0 Å². The highest BCUT2D eigenvalue weighted by Crippen LogP contribution is 2.30. The number of imide groups is 1. The Morgan fingerprint density at radius 3 is 2.45 bits per heavy atom. The summed E-state index contributed by atoms with van der Waals surface area (Å²) in [6, 6.07) is 6.81. The van der Waals surface area contributed by atoms with Crippen LogP contribution in [-0.2, 0) is 27.3 Å². The van der Waals surface area contributed by atoms with Gasteiger partial charge in [0, 0.05) is 38.6 Å². The standard InChI is InChI=1S/C24H33N3O4/c1-24(2,3)31-23(30)26-12-9-19(10-13-26)27-11-8-16-4-5-17(14-18(16)15-27)20-6-7-21(28)25-22(20)29/h4-5,14,19-20H,6-13,15H2,1-3H3,(H,25,28,29). The van der Waals surface area contributed by atoms with Crippen molar-refractivity contribution in [1.82, 2.24) is 15.1 Å². The third-order valence-electron chi connectivity index (χ3n) is 6.55. The number of carbonyl (C=O) groups excluding carboxylic acids is 3. The monoisotopic (exact) mass is 427 g/mol. The zero-order valence-electron chi connectivity index (χ0n) is 18.8. The van der Waals surface area contributed by atoms with Crippen LogP contribution >= 0.6 is 0 Å². The van der Waals surface area contributed by atoms with Crippen molar-refractivity contribution in [1.29, 1.82) is 0 Å². The lowest BCUT2D eigenvalue weighted by Gasteiger charge is -2.41. The number of likely N-dealkylation sites (tertiary alicyclic amines) is 1. The van der Waals surface area contributed by atoms with Crippen LogP contribution < -0.4 is 5.32 Å². The van der Waals surface area contributed by atoms with E-state index in [-0.39, 0.29) is 23.8 Å². The maximum absolute atomic E-state index is 12.3. The van der Waals surface area contributed by atoms with Crippen LogP contribution in [-0.4, -0.2) is 59.0 Å². The summed E-state index contributed by atoms with van der Waals surface area (Å²) in [5, 5.41) is 2.46. The lowest BCUT2D eigenvalue weighted by molar-refractivity contribution is -0.134. The molecule has 2 saturated heterocycles. The number of nitrogens with one attached hydrogen (secondary N) is 1. The molecule has 3 aliphatic heterocycles. The molecule has 0 saturated carbocycles. The Morgan fingerprint density at radius 1 is 1.03 bits per heavy atom. The highest BCUT2D eigenvalue weighted by Gasteiger charge is 2.32. The van der Waals surface area contributed by atoms with Gasteiger partial charge in [0.1, 0.15) is 5.60 Å². The number of nitrogens with zero attached hydrogens (tertiary/aromatic N) is 2. The van der Waals surface area contributed by atoms with Crippen LogP contribution in [0.1, 0.15) is 69.1 Å². The van der Waals surface area contributed by atoms with Gasteiger partial charge >= 0.3 is 6.09 Å². The van der Waals surface area contributed by atoms with Crippen LogP contribution in [0.25, 0.3) is 0 Å². The molecule has 3 heterocycles. The average Bonchev–Trinajstić information content (AvgIpc) is 2.72. The van der Waals surface area contributed by atoms with Gasteiger partial charge in [0.15, 0.2) is 0 Å². The van der Waals surface area contributed by atoms with Crippen molar-refractivity contribution in [3.05, 3.63) is 34.9 Å². The molecule has 4 rings (SSSR count). The molecule has 0 aliphatic carbocycles. The fourth-order valence-electron chi connectivity index (χ4n) is 4.88. The molecule has 31 heavy (non-hydrogen) atoms. The largest absolute Gasteiger partial charge is 0.444 e. The fraction of sp³-hybridized carbons (Fsp3) is 0.625. The first-order chi connectivity index (χ1) is 14.7. The van der Waals surface area contributed by atoms with Gasteiger partial charge in [-0.05, 0) is 63.1 Å². The highest BCUT2D eigenvalue weighted by molar-refractivity contribution is 6.00. The number of rotatable bonds is 2. The number of benzene rings is 1. The summed E-state index contributed by atoms with van der Waals surface area (Å²) < 4.78 is 5.51. The van der Waals surface area contributed by atoms with Gasteiger partial charge in [-0.1, -0.05) is 18.2 Å². The SMILES string of the molecule is CC(C)(C)OC(=O)N1CCC(N2CCc3ccc(C4CCC(=O)NC4=O)cc3C2)CC1.